The van der Waals surface area contributed by atoms with Gasteiger partial charge < -0.3 is 5.32 Å². The summed E-state index contributed by atoms with van der Waals surface area (Å²) in [6, 6.07) is 2.47. The molecule has 0 aliphatic carbocycles. The summed E-state index contributed by atoms with van der Waals surface area (Å²) in [5, 5.41) is 13.4. The number of carbonyl (C=O) groups is 1. The second-order valence-electron chi connectivity index (χ2n) is 4.36. The van der Waals surface area contributed by atoms with Gasteiger partial charge in [0.1, 0.15) is 5.02 Å². The molecule has 0 aliphatic rings. The number of carbonyl (C=O) groups excluding carboxylic acids is 1. The average Bonchev–Trinajstić information content (AvgIpc) is 2.44. The second-order valence-corrected chi connectivity index (χ2v) is 6.13. The third-order valence-corrected chi connectivity index (χ3v) is 4.27. The number of nitrogens with zero attached hydrogens (tertiary/aromatic N) is 1. The number of thioether (sulfide) groups is 1. The van der Waals surface area contributed by atoms with Crippen LogP contribution in [0.3, 0.4) is 0 Å². The Labute approximate surface area is 137 Å². The van der Waals surface area contributed by atoms with Crippen LogP contribution in [0.15, 0.2) is 12.1 Å². The second kappa shape index (κ2) is 9.12. The number of nitro benzene ring substituents is 1. The molecular weight excluding hydrogens is 335 g/mol. The van der Waals surface area contributed by atoms with Crippen LogP contribution in [-0.4, -0.2) is 29.4 Å². The van der Waals surface area contributed by atoms with Gasteiger partial charge in [-0.25, -0.2) is 0 Å². The number of nitro groups is 1. The summed E-state index contributed by atoms with van der Waals surface area (Å²) < 4.78 is 0. The first-order valence-electron chi connectivity index (χ1n) is 6.38. The van der Waals surface area contributed by atoms with E-state index in [0.717, 1.165) is 31.1 Å². The molecule has 0 heterocycles. The quantitative estimate of drug-likeness (QED) is 0.434. The Kier molecular flexibility index (Phi) is 7.85. The van der Waals surface area contributed by atoms with Gasteiger partial charge in [-0.1, -0.05) is 29.6 Å². The lowest BCUT2D eigenvalue weighted by Gasteiger charge is -2.06. The number of nitrogens with one attached hydrogen (secondary N) is 1. The van der Waals surface area contributed by atoms with Crippen LogP contribution in [-0.2, 0) is 0 Å². The molecule has 0 bridgehead atoms. The number of hydrogen-bond acceptors (Lipinski definition) is 4. The zero-order chi connectivity index (χ0) is 15.8. The lowest BCUT2D eigenvalue weighted by Crippen LogP contribution is -2.24. The van der Waals surface area contributed by atoms with Crippen LogP contribution in [0.2, 0.25) is 10.0 Å². The van der Waals surface area contributed by atoms with Crippen molar-refractivity contribution in [3.63, 3.8) is 0 Å². The minimum absolute atomic E-state index is 0.00372. The molecule has 1 aromatic rings. The first-order chi connectivity index (χ1) is 9.97. The van der Waals surface area contributed by atoms with E-state index < -0.39 is 4.92 Å². The summed E-state index contributed by atoms with van der Waals surface area (Å²) in [6.07, 6.45) is 5.06. The number of rotatable bonds is 8. The number of halogens is 2. The van der Waals surface area contributed by atoms with E-state index in [1.54, 1.807) is 11.8 Å². The van der Waals surface area contributed by atoms with Gasteiger partial charge in [-0.05, 0) is 30.9 Å². The molecule has 21 heavy (non-hydrogen) atoms. The molecule has 0 saturated carbocycles. The van der Waals surface area contributed by atoms with Gasteiger partial charge >= 0.3 is 0 Å². The fraction of sp³-hybridized carbons (Fsp3) is 0.462. The maximum atomic E-state index is 11.9. The van der Waals surface area contributed by atoms with E-state index in [1.165, 1.54) is 6.07 Å². The SMILES string of the molecule is CSCCCCCNC(=O)c1cc(Cl)c(Cl)c([N+](=O)[O-])c1. The van der Waals surface area contributed by atoms with Crippen LogP contribution >= 0.6 is 35.0 Å². The van der Waals surface area contributed by atoms with E-state index in [0.29, 0.717) is 6.54 Å². The van der Waals surface area contributed by atoms with E-state index in [-0.39, 0.29) is 27.2 Å². The van der Waals surface area contributed by atoms with Crippen molar-refractivity contribution in [2.24, 2.45) is 0 Å². The number of amides is 1. The van der Waals surface area contributed by atoms with Crippen molar-refractivity contribution in [2.45, 2.75) is 19.3 Å². The van der Waals surface area contributed by atoms with Crippen LogP contribution in [0, 0.1) is 10.1 Å². The maximum Gasteiger partial charge on any atom is 0.290 e. The Hall–Kier alpha value is -0.980. The summed E-state index contributed by atoms with van der Waals surface area (Å²) >= 11 is 13.3. The highest BCUT2D eigenvalue weighted by Gasteiger charge is 2.19. The third-order valence-electron chi connectivity index (χ3n) is 2.78. The molecule has 0 saturated heterocycles. The molecule has 0 fully saturated rings. The van der Waals surface area contributed by atoms with Crippen LogP contribution < -0.4 is 5.32 Å². The van der Waals surface area contributed by atoms with Crippen LogP contribution in [0.5, 0.6) is 0 Å². The van der Waals surface area contributed by atoms with E-state index in [9.17, 15) is 14.9 Å². The molecule has 1 rings (SSSR count). The Morgan fingerprint density at radius 3 is 2.67 bits per heavy atom. The summed E-state index contributed by atoms with van der Waals surface area (Å²) in [4.78, 5) is 22.1. The fourth-order valence-corrected chi connectivity index (χ4v) is 2.58. The molecule has 0 aromatic heterocycles. The van der Waals surface area contributed by atoms with Crippen LogP contribution in [0.1, 0.15) is 29.6 Å². The van der Waals surface area contributed by atoms with E-state index in [2.05, 4.69) is 11.6 Å². The van der Waals surface area contributed by atoms with E-state index in [4.69, 9.17) is 23.2 Å². The monoisotopic (exact) mass is 350 g/mol. The predicted octanol–water partition coefficient (Wildman–Crippen LogP) is 4.16. The summed E-state index contributed by atoms with van der Waals surface area (Å²) in [6.45, 7) is 0.529. The Bertz CT molecular complexity index is 526. The van der Waals surface area contributed by atoms with Crippen LogP contribution in [0.4, 0.5) is 5.69 Å². The van der Waals surface area contributed by atoms with Gasteiger partial charge in [0.2, 0.25) is 0 Å². The molecule has 1 aromatic carbocycles. The number of benzene rings is 1. The molecule has 0 radical (unpaired) electrons. The summed E-state index contributed by atoms with van der Waals surface area (Å²) in [7, 11) is 0. The predicted molar refractivity (Wildman–Crippen MR) is 87.7 cm³/mol. The Morgan fingerprint density at radius 2 is 2.05 bits per heavy atom. The smallest absolute Gasteiger partial charge is 0.290 e. The van der Waals surface area contributed by atoms with Crippen molar-refractivity contribution >= 4 is 46.6 Å². The largest absolute Gasteiger partial charge is 0.352 e. The summed E-state index contributed by atoms with van der Waals surface area (Å²) in [5.41, 5.74) is -0.227. The normalized spacial score (nSPS) is 10.4. The minimum Gasteiger partial charge on any atom is -0.352 e. The lowest BCUT2D eigenvalue weighted by molar-refractivity contribution is -0.384. The van der Waals surface area contributed by atoms with Gasteiger partial charge in [-0.2, -0.15) is 11.8 Å². The van der Waals surface area contributed by atoms with Crippen LogP contribution in [0.25, 0.3) is 0 Å². The molecule has 1 amide bonds. The zero-order valence-corrected chi connectivity index (χ0v) is 13.9. The van der Waals surface area contributed by atoms with Gasteiger partial charge in [0.15, 0.2) is 0 Å². The molecule has 0 atom stereocenters. The van der Waals surface area contributed by atoms with Crippen molar-refractivity contribution < 1.29 is 9.72 Å². The highest BCUT2D eigenvalue weighted by atomic mass is 35.5. The van der Waals surface area contributed by atoms with Crippen molar-refractivity contribution in [2.75, 3.05) is 18.6 Å². The molecule has 0 aliphatic heterocycles. The van der Waals surface area contributed by atoms with Gasteiger partial charge in [0.05, 0.1) is 9.95 Å². The van der Waals surface area contributed by atoms with Crippen molar-refractivity contribution in [3.8, 4) is 0 Å². The average molecular weight is 351 g/mol. The molecule has 5 nitrogen and oxygen atoms in total. The van der Waals surface area contributed by atoms with E-state index >= 15 is 0 Å². The van der Waals surface area contributed by atoms with Gasteiger partial charge in [0.25, 0.3) is 11.6 Å². The van der Waals surface area contributed by atoms with Gasteiger partial charge in [-0.15, -0.1) is 0 Å². The van der Waals surface area contributed by atoms with Crippen molar-refractivity contribution in [1.82, 2.24) is 5.32 Å². The van der Waals surface area contributed by atoms with Gasteiger partial charge in [0, 0.05) is 18.2 Å². The maximum absolute atomic E-state index is 11.9. The van der Waals surface area contributed by atoms with Crippen molar-refractivity contribution in [1.29, 1.82) is 0 Å². The first kappa shape index (κ1) is 18.1. The minimum atomic E-state index is -0.659. The molecule has 1 N–H and O–H groups in total. The standard InChI is InChI=1S/C13H16Cl2N2O3S/c1-21-6-4-2-3-5-16-13(18)9-7-10(14)12(15)11(8-9)17(19)20/h7-8H,2-6H2,1H3,(H,16,18). The Balaban J connectivity index is 2.60. The van der Waals surface area contributed by atoms with Gasteiger partial charge in [-0.3, -0.25) is 14.9 Å². The fourth-order valence-electron chi connectivity index (χ4n) is 1.69. The molecule has 0 unspecified atom stereocenters. The highest BCUT2D eigenvalue weighted by Crippen LogP contribution is 2.32. The van der Waals surface area contributed by atoms with Crippen molar-refractivity contribution in [3.05, 3.63) is 37.9 Å². The topological polar surface area (TPSA) is 72.2 Å². The summed E-state index contributed by atoms with van der Waals surface area (Å²) in [5.74, 6) is 0.717. The molecular formula is C13H16Cl2N2O3S. The zero-order valence-electron chi connectivity index (χ0n) is 11.5. The first-order valence-corrected chi connectivity index (χ1v) is 8.53. The number of unbranched alkanes of at least 4 members (excludes halogenated alkanes) is 2. The third kappa shape index (κ3) is 5.73. The molecule has 8 heteroatoms. The molecule has 0 spiro atoms. The lowest BCUT2D eigenvalue weighted by atomic mass is 10.2. The van der Waals surface area contributed by atoms with E-state index in [1.807, 2.05) is 0 Å². The molecule has 116 valence electrons. The Morgan fingerprint density at radius 1 is 1.33 bits per heavy atom. The number of hydrogen-bond donors (Lipinski definition) is 1. The highest BCUT2D eigenvalue weighted by molar-refractivity contribution is 7.98.